The molecule has 1 saturated carbocycles. The van der Waals surface area contributed by atoms with Gasteiger partial charge in [0.15, 0.2) is 0 Å². The third-order valence-corrected chi connectivity index (χ3v) is 3.37. The van der Waals surface area contributed by atoms with E-state index in [4.69, 9.17) is 4.42 Å². The number of furan rings is 1. The Labute approximate surface area is 96.8 Å². The van der Waals surface area contributed by atoms with E-state index in [-0.39, 0.29) is 0 Å². The van der Waals surface area contributed by atoms with Gasteiger partial charge in [0, 0.05) is 12.6 Å². The van der Waals surface area contributed by atoms with Crippen LogP contribution in [0.4, 0.5) is 0 Å². The lowest BCUT2D eigenvalue weighted by Gasteiger charge is -2.24. The molecular weight excluding hydrogens is 202 g/mol. The lowest BCUT2D eigenvalue weighted by molar-refractivity contribution is 0.0307. The summed E-state index contributed by atoms with van der Waals surface area (Å²) in [5, 5.41) is 13.7. The lowest BCUT2D eigenvalue weighted by Crippen LogP contribution is -2.40. The number of aryl methyl sites for hydroxylation is 1. The zero-order valence-corrected chi connectivity index (χ0v) is 10.3. The van der Waals surface area contributed by atoms with Crippen LogP contribution >= 0.6 is 0 Å². The molecule has 2 rings (SSSR count). The van der Waals surface area contributed by atoms with Crippen LogP contribution in [-0.2, 0) is 5.60 Å². The summed E-state index contributed by atoms with van der Waals surface area (Å²) < 4.78 is 5.47. The maximum atomic E-state index is 10.3. The summed E-state index contributed by atoms with van der Waals surface area (Å²) in [4.78, 5) is 0. The summed E-state index contributed by atoms with van der Waals surface area (Å²) in [7, 11) is 0. The molecule has 0 saturated heterocycles. The van der Waals surface area contributed by atoms with Gasteiger partial charge in [0.25, 0.3) is 0 Å². The Morgan fingerprint density at radius 1 is 1.56 bits per heavy atom. The number of aliphatic hydroxyl groups is 1. The van der Waals surface area contributed by atoms with Crippen molar-refractivity contribution < 1.29 is 9.52 Å². The number of nitrogens with one attached hydrogen (secondary N) is 1. The fourth-order valence-corrected chi connectivity index (χ4v) is 1.93. The molecule has 1 aliphatic rings. The zero-order valence-electron chi connectivity index (χ0n) is 10.3. The number of rotatable bonds is 5. The van der Waals surface area contributed by atoms with Gasteiger partial charge in [0.05, 0.1) is 0 Å². The van der Waals surface area contributed by atoms with Gasteiger partial charge in [-0.2, -0.15) is 0 Å². The molecular formula is C13H21NO2. The molecule has 16 heavy (non-hydrogen) atoms. The number of hydrogen-bond acceptors (Lipinski definition) is 3. The Hall–Kier alpha value is -0.800. The van der Waals surface area contributed by atoms with Gasteiger partial charge < -0.3 is 14.8 Å². The second-order valence-electron chi connectivity index (χ2n) is 5.19. The molecule has 2 atom stereocenters. The van der Waals surface area contributed by atoms with Crippen molar-refractivity contribution in [2.24, 2.45) is 5.92 Å². The summed E-state index contributed by atoms with van der Waals surface area (Å²) in [6.45, 7) is 6.40. The van der Waals surface area contributed by atoms with Crippen LogP contribution in [-0.4, -0.2) is 17.7 Å². The van der Waals surface area contributed by atoms with E-state index in [2.05, 4.69) is 12.2 Å². The molecule has 0 radical (unpaired) electrons. The van der Waals surface area contributed by atoms with Crippen LogP contribution in [0.15, 0.2) is 16.5 Å². The fourth-order valence-electron chi connectivity index (χ4n) is 1.93. The third kappa shape index (κ3) is 2.66. The molecule has 1 fully saturated rings. The Bertz CT molecular complexity index is 353. The Balaban J connectivity index is 1.91. The predicted molar refractivity (Wildman–Crippen MR) is 63.2 cm³/mol. The minimum Gasteiger partial charge on any atom is -0.463 e. The summed E-state index contributed by atoms with van der Waals surface area (Å²) in [6, 6.07) is 4.22. The molecule has 3 heteroatoms. The molecule has 1 heterocycles. The summed E-state index contributed by atoms with van der Waals surface area (Å²) in [5.41, 5.74) is -0.919. The summed E-state index contributed by atoms with van der Waals surface area (Å²) >= 11 is 0. The van der Waals surface area contributed by atoms with Crippen molar-refractivity contribution in [2.75, 3.05) is 6.54 Å². The van der Waals surface area contributed by atoms with E-state index in [0.717, 1.165) is 11.7 Å². The van der Waals surface area contributed by atoms with Crippen LogP contribution in [0.2, 0.25) is 0 Å². The van der Waals surface area contributed by atoms with E-state index in [0.29, 0.717) is 18.3 Å². The Morgan fingerprint density at radius 3 is 2.75 bits per heavy atom. The van der Waals surface area contributed by atoms with Gasteiger partial charge >= 0.3 is 0 Å². The van der Waals surface area contributed by atoms with Gasteiger partial charge in [-0.05, 0) is 51.7 Å². The molecule has 1 aromatic rings. The van der Waals surface area contributed by atoms with Gasteiger partial charge in [-0.25, -0.2) is 0 Å². The molecule has 0 aromatic carbocycles. The van der Waals surface area contributed by atoms with Crippen molar-refractivity contribution in [1.82, 2.24) is 5.32 Å². The smallest absolute Gasteiger partial charge is 0.136 e. The van der Waals surface area contributed by atoms with Crippen LogP contribution in [0.3, 0.4) is 0 Å². The van der Waals surface area contributed by atoms with E-state index in [1.807, 2.05) is 19.1 Å². The van der Waals surface area contributed by atoms with Gasteiger partial charge in [-0.1, -0.05) is 0 Å². The third-order valence-electron chi connectivity index (χ3n) is 3.37. The Morgan fingerprint density at radius 2 is 2.25 bits per heavy atom. The first-order chi connectivity index (χ1) is 7.49. The monoisotopic (exact) mass is 223 g/mol. The average molecular weight is 223 g/mol. The predicted octanol–water partition coefficient (Wildman–Crippen LogP) is 2.18. The molecule has 2 unspecified atom stereocenters. The molecule has 1 aliphatic carbocycles. The fraction of sp³-hybridized carbons (Fsp3) is 0.692. The highest BCUT2D eigenvalue weighted by molar-refractivity contribution is 5.13. The van der Waals surface area contributed by atoms with Crippen LogP contribution in [0.1, 0.15) is 38.2 Å². The van der Waals surface area contributed by atoms with Crippen LogP contribution in [0, 0.1) is 12.8 Å². The molecule has 0 bridgehead atoms. The SMILES string of the molecule is Cc1ccc(C(C)(O)CNC(C)C2CC2)o1. The first-order valence-electron chi connectivity index (χ1n) is 6.02. The topological polar surface area (TPSA) is 45.4 Å². The van der Waals surface area contributed by atoms with Crippen LogP contribution in [0.25, 0.3) is 0 Å². The highest BCUT2D eigenvalue weighted by Gasteiger charge is 2.31. The van der Waals surface area contributed by atoms with E-state index in [9.17, 15) is 5.11 Å². The van der Waals surface area contributed by atoms with Crippen molar-refractivity contribution in [3.63, 3.8) is 0 Å². The normalized spacial score (nSPS) is 21.8. The second-order valence-corrected chi connectivity index (χ2v) is 5.19. The van der Waals surface area contributed by atoms with Crippen molar-refractivity contribution in [2.45, 2.75) is 45.3 Å². The van der Waals surface area contributed by atoms with E-state index < -0.39 is 5.60 Å². The van der Waals surface area contributed by atoms with Gasteiger partial charge in [-0.15, -0.1) is 0 Å². The van der Waals surface area contributed by atoms with Gasteiger partial charge in [0.2, 0.25) is 0 Å². The van der Waals surface area contributed by atoms with Crippen molar-refractivity contribution in [3.8, 4) is 0 Å². The van der Waals surface area contributed by atoms with Crippen molar-refractivity contribution in [1.29, 1.82) is 0 Å². The highest BCUT2D eigenvalue weighted by atomic mass is 16.4. The zero-order chi connectivity index (χ0) is 11.8. The van der Waals surface area contributed by atoms with Crippen LogP contribution < -0.4 is 5.32 Å². The number of hydrogen-bond donors (Lipinski definition) is 2. The van der Waals surface area contributed by atoms with Gasteiger partial charge in [0.1, 0.15) is 17.1 Å². The summed E-state index contributed by atoms with van der Waals surface area (Å²) in [5.74, 6) is 2.28. The van der Waals surface area contributed by atoms with Crippen LogP contribution in [0.5, 0.6) is 0 Å². The quantitative estimate of drug-likeness (QED) is 0.804. The van der Waals surface area contributed by atoms with E-state index in [1.165, 1.54) is 12.8 Å². The first kappa shape index (κ1) is 11.7. The van der Waals surface area contributed by atoms with Crippen molar-refractivity contribution in [3.05, 3.63) is 23.7 Å². The molecule has 0 aliphatic heterocycles. The summed E-state index contributed by atoms with van der Waals surface area (Å²) in [6.07, 6.45) is 2.63. The highest BCUT2D eigenvalue weighted by Crippen LogP contribution is 2.32. The van der Waals surface area contributed by atoms with E-state index in [1.54, 1.807) is 6.92 Å². The molecule has 0 amide bonds. The minimum absolute atomic E-state index is 0.488. The standard InChI is InChI=1S/C13H21NO2/c1-9-4-7-12(16-9)13(3,15)8-14-10(2)11-5-6-11/h4,7,10-11,14-15H,5-6,8H2,1-3H3. The maximum Gasteiger partial charge on any atom is 0.136 e. The molecule has 2 N–H and O–H groups in total. The maximum absolute atomic E-state index is 10.3. The van der Waals surface area contributed by atoms with Gasteiger partial charge in [-0.3, -0.25) is 0 Å². The second kappa shape index (κ2) is 4.22. The average Bonchev–Trinajstić information content (AvgIpc) is 2.98. The minimum atomic E-state index is -0.919. The molecule has 1 aromatic heterocycles. The largest absolute Gasteiger partial charge is 0.463 e. The first-order valence-corrected chi connectivity index (χ1v) is 6.02. The molecule has 0 spiro atoms. The lowest BCUT2D eigenvalue weighted by atomic mass is 10.0. The molecule has 3 nitrogen and oxygen atoms in total. The Kier molecular flexibility index (Phi) is 3.08. The van der Waals surface area contributed by atoms with Crippen molar-refractivity contribution >= 4 is 0 Å². The molecule has 90 valence electrons. The van der Waals surface area contributed by atoms with E-state index >= 15 is 0 Å².